The fraction of sp³-hybridized carbons (Fsp3) is 0.632. The molecule has 1 heterocycles. The molecule has 2 rings (SSSR count). The van der Waals surface area contributed by atoms with Crippen molar-refractivity contribution in [2.45, 2.75) is 58.0 Å². The van der Waals surface area contributed by atoms with E-state index in [1.807, 2.05) is 6.07 Å². The van der Waals surface area contributed by atoms with Crippen LogP contribution in [0.4, 0.5) is 0 Å². The van der Waals surface area contributed by atoms with E-state index in [9.17, 15) is 4.79 Å². The number of carbonyl (C=O) groups is 1. The first-order valence-electron chi connectivity index (χ1n) is 8.72. The summed E-state index contributed by atoms with van der Waals surface area (Å²) in [6.07, 6.45) is 5.02. The zero-order valence-corrected chi connectivity index (χ0v) is 13.9. The SMILES string of the molecule is CCCCC(CC)C(=O)O[C@H]1CNCC[C@@H]1c1ccccc1. The van der Waals surface area contributed by atoms with Crippen LogP contribution >= 0.6 is 0 Å². The minimum Gasteiger partial charge on any atom is -0.460 e. The standard InChI is InChI=1S/C19H29NO2/c1-3-5-9-15(4-2)19(21)22-18-14-20-13-12-17(18)16-10-7-6-8-11-16/h6-8,10-11,15,17-18,20H,3-5,9,12-14H2,1-2H3/t15?,17-,18+/m1/s1. The summed E-state index contributed by atoms with van der Waals surface area (Å²) < 4.78 is 5.91. The van der Waals surface area contributed by atoms with Crippen molar-refractivity contribution in [2.24, 2.45) is 5.92 Å². The fourth-order valence-electron chi connectivity index (χ4n) is 3.22. The van der Waals surface area contributed by atoms with Crippen LogP contribution in [0, 0.1) is 5.92 Å². The highest BCUT2D eigenvalue weighted by atomic mass is 16.5. The van der Waals surface area contributed by atoms with Gasteiger partial charge in [-0.3, -0.25) is 4.79 Å². The highest BCUT2D eigenvalue weighted by Gasteiger charge is 2.31. The molecule has 1 fully saturated rings. The normalized spacial score (nSPS) is 23.0. The van der Waals surface area contributed by atoms with Gasteiger partial charge in [0.2, 0.25) is 0 Å². The number of ether oxygens (including phenoxy) is 1. The van der Waals surface area contributed by atoms with Crippen molar-refractivity contribution in [2.75, 3.05) is 13.1 Å². The van der Waals surface area contributed by atoms with Gasteiger partial charge in [0.05, 0.1) is 5.92 Å². The molecule has 1 aliphatic heterocycles. The Bertz CT molecular complexity index is 446. The molecule has 3 heteroatoms. The predicted octanol–water partition coefficient (Wildman–Crippen LogP) is 3.89. The molecule has 0 aromatic heterocycles. The van der Waals surface area contributed by atoms with Gasteiger partial charge in [0, 0.05) is 12.5 Å². The van der Waals surface area contributed by atoms with Crippen molar-refractivity contribution in [1.82, 2.24) is 5.32 Å². The van der Waals surface area contributed by atoms with Gasteiger partial charge < -0.3 is 10.1 Å². The Morgan fingerprint density at radius 1 is 1.32 bits per heavy atom. The van der Waals surface area contributed by atoms with Gasteiger partial charge >= 0.3 is 5.97 Å². The lowest BCUT2D eigenvalue weighted by molar-refractivity contribution is -0.156. The molecule has 1 unspecified atom stereocenters. The highest BCUT2D eigenvalue weighted by molar-refractivity contribution is 5.72. The van der Waals surface area contributed by atoms with Crippen molar-refractivity contribution in [3.8, 4) is 0 Å². The number of nitrogens with one attached hydrogen (secondary N) is 1. The molecule has 1 saturated heterocycles. The number of unbranched alkanes of at least 4 members (excludes halogenated alkanes) is 1. The molecule has 1 N–H and O–H groups in total. The van der Waals surface area contributed by atoms with Gasteiger partial charge in [-0.1, -0.05) is 57.0 Å². The molecule has 3 nitrogen and oxygen atoms in total. The van der Waals surface area contributed by atoms with Crippen molar-refractivity contribution >= 4 is 5.97 Å². The monoisotopic (exact) mass is 303 g/mol. The van der Waals surface area contributed by atoms with Crippen LogP contribution in [0.25, 0.3) is 0 Å². The second kappa shape index (κ2) is 8.94. The van der Waals surface area contributed by atoms with Gasteiger partial charge in [0.25, 0.3) is 0 Å². The molecule has 3 atom stereocenters. The number of benzene rings is 1. The third-order valence-electron chi connectivity index (χ3n) is 4.65. The molecule has 1 aliphatic rings. The molecule has 0 saturated carbocycles. The molecular weight excluding hydrogens is 274 g/mol. The van der Waals surface area contributed by atoms with Crippen LogP contribution in [0.2, 0.25) is 0 Å². The number of esters is 1. The zero-order chi connectivity index (χ0) is 15.8. The van der Waals surface area contributed by atoms with E-state index in [1.165, 1.54) is 5.56 Å². The van der Waals surface area contributed by atoms with Crippen molar-refractivity contribution in [3.05, 3.63) is 35.9 Å². The Hall–Kier alpha value is -1.35. The molecule has 1 aromatic rings. The molecular formula is C19H29NO2. The van der Waals surface area contributed by atoms with Crippen LogP contribution in [0.15, 0.2) is 30.3 Å². The maximum Gasteiger partial charge on any atom is 0.309 e. The molecule has 0 bridgehead atoms. The lowest BCUT2D eigenvalue weighted by atomic mass is 9.87. The first-order chi connectivity index (χ1) is 10.8. The first-order valence-corrected chi connectivity index (χ1v) is 8.72. The highest BCUT2D eigenvalue weighted by Crippen LogP contribution is 2.28. The molecule has 122 valence electrons. The second-order valence-corrected chi connectivity index (χ2v) is 6.23. The van der Waals surface area contributed by atoms with E-state index in [0.717, 1.165) is 45.2 Å². The van der Waals surface area contributed by atoms with Crippen molar-refractivity contribution < 1.29 is 9.53 Å². The topological polar surface area (TPSA) is 38.3 Å². The Labute approximate surface area is 134 Å². The summed E-state index contributed by atoms with van der Waals surface area (Å²) in [5.74, 6) is 0.360. The summed E-state index contributed by atoms with van der Waals surface area (Å²) in [5, 5.41) is 3.36. The second-order valence-electron chi connectivity index (χ2n) is 6.23. The Morgan fingerprint density at radius 3 is 2.77 bits per heavy atom. The van der Waals surface area contributed by atoms with E-state index in [4.69, 9.17) is 4.74 Å². The minimum absolute atomic E-state index is 0.00872. The van der Waals surface area contributed by atoms with E-state index in [1.54, 1.807) is 0 Å². The van der Waals surface area contributed by atoms with E-state index in [0.29, 0.717) is 5.92 Å². The van der Waals surface area contributed by atoms with Crippen LogP contribution in [-0.2, 0) is 9.53 Å². The smallest absolute Gasteiger partial charge is 0.309 e. The summed E-state index contributed by atoms with van der Waals surface area (Å²) in [6.45, 7) is 5.99. The molecule has 1 aromatic carbocycles. The number of carbonyl (C=O) groups excluding carboxylic acids is 1. The fourth-order valence-corrected chi connectivity index (χ4v) is 3.22. The van der Waals surface area contributed by atoms with Crippen LogP contribution < -0.4 is 5.32 Å². The van der Waals surface area contributed by atoms with Crippen molar-refractivity contribution in [3.63, 3.8) is 0 Å². The van der Waals surface area contributed by atoms with Gasteiger partial charge in [-0.05, 0) is 31.4 Å². The first kappa shape index (κ1) is 17.0. The number of piperidine rings is 1. The third-order valence-corrected chi connectivity index (χ3v) is 4.65. The number of hydrogen-bond acceptors (Lipinski definition) is 3. The Morgan fingerprint density at radius 2 is 2.09 bits per heavy atom. The van der Waals surface area contributed by atoms with Gasteiger partial charge in [0.15, 0.2) is 0 Å². The van der Waals surface area contributed by atoms with E-state index in [-0.39, 0.29) is 18.0 Å². The Balaban J connectivity index is 2.00. The van der Waals surface area contributed by atoms with E-state index >= 15 is 0 Å². The van der Waals surface area contributed by atoms with Gasteiger partial charge in [-0.15, -0.1) is 0 Å². The van der Waals surface area contributed by atoms with E-state index in [2.05, 4.69) is 43.4 Å². The average Bonchev–Trinajstić information content (AvgIpc) is 2.57. The maximum absolute atomic E-state index is 12.5. The minimum atomic E-state index is -0.0423. The zero-order valence-electron chi connectivity index (χ0n) is 13.9. The summed E-state index contributed by atoms with van der Waals surface area (Å²) in [7, 11) is 0. The third kappa shape index (κ3) is 4.57. The molecule has 0 spiro atoms. The molecule has 0 aliphatic carbocycles. The predicted molar refractivity (Wildman–Crippen MR) is 89.9 cm³/mol. The Kier molecular flexibility index (Phi) is 6.91. The quantitative estimate of drug-likeness (QED) is 0.777. The average molecular weight is 303 g/mol. The van der Waals surface area contributed by atoms with Crippen LogP contribution in [0.1, 0.15) is 57.4 Å². The number of rotatable bonds is 7. The van der Waals surface area contributed by atoms with Gasteiger partial charge in [0.1, 0.15) is 6.10 Å². The van der Waals surface area contributed by atoms with Gasteiger partial charge in [-0.2, -0.15) is 0 Å². The van der Waals surface area contributed by atoms with Crippen LogP contribution in [-0.4, -0.2) is 25.2 Å². The molecule has 0 radical (unpaired) electrons. The van der Waals surface area contributed by atoms with E-state index < -0.39 is 0 Å². The summed E-state index contributed by atoms with van der Waals surface area (Å²) in [5.41, 5.74) is 1.28. The molecule has 22 heavy (non-hydrogen) atoms. The number of hydrogen-bond donors (Lipinski definition) is 1. The largest absolute Gasteiger partial charge is 0.460 e. The maximum atomic E-state index is 12.5. The summed E-state index contributed by atoms with van der Waals surface area (Å²) in [6, 6.07) is 10.4. The van der Waals surface area contributed by atoms with Crippen LogP contribution in [0.5, 0.6) is 0 Å². The van der Waals surface area contributed by atoms with Crippen molar-refractivity contribution in [1.29, 1.82) is 0 Å². The lowest BCUT2D eigenvalue weighted by Crippen LogP contribution is -2.43. The summed E-state index contributed by atoms with van der Waals surface area (Å²) >= 11 is 0. The molecule has 0 amide bonds. The van der Waals surface area contributed by atoms with Gasteiger partial charge in [-0.25, -0.2) is 0 Å². The van der Waals surface area contributed by atoms with Crippen LogP contribution in [0.3, 0.4) is 0 Å². The summed E-state index contributed by atoms with van der Waals surface area (Å²) in [4.78, 5) is 12.5. The lowest BCUT2D eigenvalue weighted by Gasteiger charge is -2.33.